The van der Waals surface area contributed by atoms with Gasteiger partial charge in [0.15, 0.2) is 11.6 Å². The quantitative estimate of drug-likeness (QED) is 0.762. The molecule has 0 amide bonds. The normalized spacial score (nSPS) is 10.4. The Morgan fingerprint density at radius 2 is 2.06 bits per heavy atom. The van der Waals surface area contributed by atoms with E-state index in [1.165, 1.54) is 18.3 Å². The zero-order valence-corrected chi connectivity index (χ0v) is 11.4. The van der Waals surface area contributed by atoms with Crippen LogP contribution < -0.4 is 4.74 Å². The van der Waals surface area contributed by atoms with Crippen LogP contribution in [0.5, 0.6) is 11.6 Å². The highest BCUT2D eigenvalue weighted by Gasteiger charge is 2.11. The molecular formula is C11H5BrCl2FNO. The van der Waals surface area contributed by atoms with Crippen LogP contribution in [0.15, 0.2) is 34.9 Å². The number of benzene rings is 1. The standard InChI is InChI=1S/C11H5BrCl2FNO/c12-7-4-6(13)5-16-11(7)17-9-3-1-2-8(14)10(9)15/h1-5H. The topological polar surface area (TPSA) is 22.1 Å². The maximum absolute atomic E-state index is 13.6. The third-order valence-electron chi connectivity index (χ3n) is 1.90. The first kappa shape index (κ1) is 12.6. The summed E-state index contributed by atoms with van der Waals surface area (Å²) < 4.78 is 19.4. The van der Waals surface area contributed by atoms with E-state index < -0.39 is 5.82 Å². The van der Waals surface area contributed by atoms with Gasteiger partial charge in [-0.05, 0) is 34.1 Å². The fourth-order valence-electron chi connectivity index (χ4n) is 1.14. The maximum Gasteiger partial charge on any atom is 0.233 e. The van der Waals surface area contributed by atoms with Crippen molar-refractivity contribution < 1.29 is 9.13 Å². The largest absolute Gasteiger partial charge is 0.435 e. The summed E-state index contributed by atoms with van der Waals surface area (Å²) in [6.45, 7) is 0. The molecule has 0 saturated carbocycles. The van der Waals surface area contributed by atoms with Gasteiger partial charge in [0.2, 0.25) is 5.88 Å². The summed E-state index contributed by atoms with van der Waals surface area (Å²) >= 11 is 14.6. The minimum absolute atomic E-state index is 0.00686. The van der Waals surface area contributed by atoms with Gasteiger partial charge in [0.25, 0.3) is 0 Å². The predicted molar refractivity (Wildman–Crippen MR) is 68.4 cm³/mol. The van der Waals surface area contributed by atoms with Crippen LogP contribution >= 0.6 is 39.1 Å². The van der Waals surface area contributed by atoms with Gasteiger partial charge in [0.1, 0.15) is 0 Å². The molecule has 0 N–H and O–H groups in total. The average Bonchev–Trinajstić information content (AvgIpc) is 2.28. The van der Waals surface area contributed by atoms with Gasteiger partial charge in [-0.2, -0.15) is 0 Å². The minimum atomic E-state index is -0.627. The van der Waals surface area contributed by atoms with E-state index in [2.05, 4.69) is 20.9 Å². The molecule has 0 unspecified atom stereocenters. The molecule has 0 aliphatic carbocycles. The Balaban J connectivity index is 2.35. The molecule has 6 heteroatoms. The molecular weight excluding hydrogens is 332 g/mol. The Labute approximate surface area is 115 Å². The molecule has 1 aromatic carbocycles. The van der Waals surface area contributed by atoms with Crippen molar-refractivity contribution >= 4 is 39.1 Å². The summed E-state index contributed by atoms with van der Waals surface area (Å²) in [6, 6.07) is 6.09. The molecule has 0 radical (unpaired) electrons. The SMILES string of the molecule is Fc1c(Cl)cccc1Oc1ncc(Cl)cc1Br. The third kappa shape index (κ3) is 2.89. The van der Waals surface area contributed by atoms with Crippen molar-refractivity contribution in [2.24, 2.45) is 0 Å². The van der Waals surface area contributed by atoms with Crippen molar-refractivity contribution in [1.29, 1.82) is 0 Å². The second kappa shape index (κ2) is 5.21. The van der Waals surface area contributed by atoms with E-state index in [4.69, 9.17) is 27.9 Å². The number of hydrogen-bond acceptors (Lipinski definition) is 2. The molecule has 0 aliphatic rings. The van der Waals surface area contributed by atoms with Crippen LogP contribution in [0, 0.1) is 5.82 Å². The van der Waals surface area contributed by atoms with Gasteiger partial charge in [0.05, 0.1) is 14.5 Å². The van der Waals surface area contributed by atoms with Gasteiger partial charge < -0.3 is 4.74 Å². The zero-order valence-electron chi connectivity index (χ0n) is 8.25. The van der Waals surface area contributed by atoms with Crippen molar-refractivity contribution in [1.82, 2.24) is 4.98 Å². The summed E-state index contributed by atoms with van der Waals surface area (Å²) in [5.41, 5.74) is 0. The Morgan fingerprint density at radius 3 is 2.76 bits per heavy atom. The lowest BCUT2D eigenvalue weighted by Gasteiger charge is -2.08. The van der Waals surface area contributed by atoms with Gasteiger partial charge in [-0.3, -0.25) is 0 Å². The predicted octanol–water partition coefficient (Wildman–Crippen LogP) is 5.08. The van der Waals surface area contributed by atoms with Gasteiger partial charge in [0, 0.05) is 6.20 Å². The molecule has 2 nitrogen and oxygen atoms in total. The van der Waals surface area contributed by atoms with E-state index in [1.54, 1.807) is 12.1 Å². The number of aromatic nitrogens is 1. The average molecular weight is 337 g/mol. The van der Waals surface area contributed by atoms with Crippen molar-refractivity contribution in [3.63, 3.8) is 0 Å². The highest BCUT2D eigenvalue weighted by molar-refractivity contribution is 9.10. The molecule has 2 aromatic rings. The molecule has 0 saturated heterocycles. The van der Waals surface area contributed by atoms with Gasteiger partial charge in [-0.1, -0.05) is 29.3 Å². The number of pyridine rings is 1. The van der Waals surface area contributed by atoms with Crippen molar-refractivity contribution in [2.75, 3.05) is 0 Å². The second-order valence-corrected chi connectivity index (χ2v) is 4.79. The van der Waals surface area contributed by atoms with Gasteiger partial charge in [-0.15, -0.1) is 0 Å². The van der Waals surface area contributed by atoms with Crippen LogP contribution in [0.1, 0.15) is 0 Å². The summed E-state index contributed by atoms with van der Waals surface area (Å²) in [6.07, 6.45) is 1.41. The molecule has 0 fully saturated rings. The summed E-state index contributed by atoms with van der Waals surface area (Å²) in [4.78, 5) is 3.93. The van der Waals surface area contributed by atoms with Crippen LogP contribution in [0.3, 0.4) is 0 Å². The summed E-state index contributed by atoms with van der Waals surface area (Å²) in [5, 5.41) is 0.448. The van der Waals surface area contributed by atoms with Crippen LogP contribution in [0.25, 0.3) is 0 Å². The van der Waals surface area contributed by atoms with Crippen LogP contribution in [0.2, 0.25) is 10.0 Å². The molecule has 88 valence electrons. The third-order valence-corrected chi connectivity index (χ3v) is 2.96. The van der Waals surface area contributed by atoms with Gasteiger partial charge >= 0.3 is 0 Å². The maximum atomic E-state index is 13.6. The first-order valence-electron chi connectivity index (χ1n) is 4.51. The van der Waals surface area contributed by atoms with Crippen molar-refractivity contribution in [3.8, 4) is 11.6 Å². The van der Waals surface area contributed by atoms with Crippen molar-refractivity contribution in [3.05, 3.63) is 50.8 Å². The molecule has 1 heterocycles. The highest BCUT2D eigenvalue weighted by Crippen LogP contribution is 2.32. The highest BCUT2D eigenvalue weighted by atomic mass is 79.9. The molecule has 0 spiro atoms. The van der Waals surface area contributed by atoms with E-state index in [9.17, 15) is 4.39 Å². The van der Waals surface area contributed by atoms with Crippen LogP contribution in [-0.2, 0) is 0 Å². The zero-order chi connectivity index (χ0) is 12.4. The first-order chi connectivity index (χ1) is 8.08. The van der Waals surface area contributed by atoms with E-state index in [0.29, 0.717) is 9.50 Å². The second-order valence-electron chi connectivity index (χ2n) is 3.09. The van der Waals surface area contributed by atoms with Crippen molar-refractivity contribution in [2.45, 2.75) is 0 Å². The first-order valence-corrected chi connectivity index (χ1v) is 6.05. The number of halogens is 4. The lowest BCUT2D eigenvalue weighted by Crippen LogP contribution is -1.92. The lowest BCUT2D eigenvalue weighted by atomic mass is 10.3. The number of rotatable bonds is 2. The summed E-state index contributed by atoms with van der Waals surface area (Å²) in [5.74, 6) is -0.401. The molecule has 2 rings (SSSR count). The summed E-state index contributed by atoms with van der Waals surface area (Å²) in [7, 11) is 0. The smallest absolute Gasteiger partial charge is 0.233 e. The van der Waals surface area contributed by atoms with Crippen LogP contribution in [-0.4, -0.2) is 4.98 Å². The number of ether oxygens (including phenoxy) is 1. The number of hydrogen-bond donors (Lipinski definition) is 0. The van der Waals surface area contributed by atoms with Gasteiger partial charge in [-0.25, -0.2) is 9.37 Å². The van der Waals surface area contributed by atoms with E-state index in [-0.39, 0.29) is 16.7 Å². The lowest BCUT2D eigenvalue weighted by molar-refractivity contribution is 0.425. The number of nitrogens with zero attached hydrogens (tertiary/aromatic N) is 1. The van der Waals surface area contributed by atoms with Crippen LogP contribution in [0.4, 0.5) is 4.39 Å². The Morgan fingerprint density at radius 1 is 1.29 bits per heavy atom. The molecule has 17 heavy (non-hydrogen) atoms. The fourth-order valence-corrected chi connectivity index (χ4v) is 2.03. The Bertz CT molecular complexity index is 565. The Kier molecular flexibility index (Phi) is 3.86. The molecule has 0 aliphatic heterocycles. The Hall–Kier alpha value is -0.840. The molecule has 1 aromatic heterocycles. The molecule has 0 bridgehead atoms. The van der Waals surface area contributed by atoms with E-state index in [0.717, 1.165) is 0 Å². The monoisotopic (exact) mass is 335 g/mol. The van der Waals surface area contributed by atoms with E-state index >= 15 is 0 Å². The van der Waals surface area contributed by atoms with E-state index in [1.807, 2.05) is 0 Å². The molecule has 0 atom stereocenters. The minimum Gasteiger partial charge on any atom is -0.435 e. The fraction of sp³-hybridized carbons (Fsp3) is 0.